The van der Waals surface area contributed by atoms with Crippen molar-refractivity contribution in [2.45, 2.75) is 13.0 Å². The smallest absolute Gasteiger partial charge is 0.110 e. The van der Waals surface area contributed by atoms with Gasteiger partial charge in [-0.2, -0.15) is 0 Å². The molecule has 0 spiro atoms. The van der Waals surface area contributed by atoms with Gasteiger partial charge in [0.2, 0.25) is 0 Å². The van der Waals surface area contributed by atoms with Crippen LogP contribution < -0.4 is 0 Å². The number of fused-ring (bicyclic) bond motifs is 1. The number of hydrogen-bond donors (Lipinski definition) is 0. The summed E-state index contributed by atoms with van der Waals surface area (Å²) in [6.45, 7) is 3.04. The standard InChI is InChI=1S/C16H14ClNS/c1-2-18-15(11-7-9-12(17)10-8-11)13-5-3-4-6-14(13)16(18)19/h3-10,15H,2H2,1H3. The number of hydrogen-bond acceptors (Lipinski definition) is 1. The summed E-state index contributed by atoms with van der Waals surface area (Å²) < 4.78 is 0. The summed E-state index contributed by atoms with van der Waals surface area (Å²) in [4.78, 5) is 3.21. The number of benzene rings is 2. The summed E-state index contributed by atoms with van der Waals surface area (Å²) in [5.41, 5.74) is 3.70. The van der Waals surface area contributed by atoms with E-state index in [4.69, 9.17) is 23.8 Å². The number of nitrogens with zero attached hydrogens (tertiary/aromatic N) is 1. The molecule has 0 aromatic heterocycles. The average Bonchev–Trinajstić information content (AvgIpc) is 2.73. The van der Waals surface area contributed by atoms with Crippen LogP contribution >= 0.6 is 23.8 Å². The van der Waals surface area contributed by atoms with Crippen LogP contribution in [0, 0.1) is 0 Å². The van der Waals surface area contributed by atoms with Gasteiger partial charge in [-0.25, -0.2) is 0 Å². The Hall–Kier alpha value is -1.38. The van der Waals surface area contributed by atoms with E-state index in [9.17, 15) is 0 Å². The van der Waals surface area contributed by atoms with Crippen molar-refractivity contribution in [1.82, 2.24) is 4.90 Å². The Bertz CT molecular complexity index is 621. The zero-order valence-corrected chi connectivity index (χ0v) is 12.2. The highest BCUT2D eigenvalue weighted by Gasteiger charge is 2.33. The second-order valence-electron chi connectivity index (χ2n) is 4.63. The average molecular weight is 288 g/mol. The molecule has 3 heteroatoms. The van der Waals surface area contributed by atoms with Gasteiger partial charge in [-0.1, -0.05) is 60.2 Å². The van der Waals surface area contributed by atoms with E-state index in [1.807, 2.05) is 18.2 Å². The molecule has 0 radical (unpaired) electrons. The number of halogens is 1. The molecule has 0 saturated heterocycles. The van der Waals surface area contributed by atoms with Crippen molar-refractivity contribution in [3.63, 3.8) is 0 Å². The third kappa shape index (κ3) is 2.05. The van der Waals surface area contributed by atoms with Gasteiger partial charge in [0.05, 0.1) is 6.04 Å². The molecule has 0 amide bonds. The van der Waals surface area contributed by atoms with Crippen LogP contribution in [-0.2, 0) is 0 Å². The SMILES string of the molecule is CCN1C(=S)c2ccccc2C1c1ccc(Cl)cc1. The molecule has 0 bridgehead atoms. The van der Waals surface area contributed by atoms with Crippen molar-refractivity contribution in [1.29, 1.82) is 0 Å². The fourth-order valence-corrected chi connectivity index (χ4v) is 3.25. The van der Waals surface area contributed by atoms with Crippen LogP contribution in [0.1, 0.15) is 29.7 Å². The van der Waals surface area contributed by atoms with Crippen molar-refractivity contribution in [3.05, 3.63) is 70.2 Å². The highest BCUT2D eigenvalue weighted by molar-refractivity contribution is 7.80. The summed E-state index contributed by atoms with van der Waals surface area (Å²) in [6, 6.07) is 16.6. The highest BCUT2D eigenvalue weighted by Crippen LogP contribution is 2.38. The minimum absolute atomic E-state index is 0.214. The van der Waals surface area contributed by atoms with E-state index in [1.165, 1.54) is 16.7 Å². The number of thiocarbonyl (C=S) groups is 1. The molecule has 2 aromatic rings. The molecular formula is C16H14ClNS. The van der Waals surface area contributed by atoms with Crippen molar-refractivity contribution < 1.29 is 0 Å². The summed E-state index contributed by atoms with van der Waals surface area (Å²) in [7, 11) is 0. The summed E-state index contributed by atoms with van der Waals surface area (Å²) in [6.07, 6.45) is 0. The van der Waals surface area contributed by atoms with Crippen LogP contribution in [0.5, 0.6) is 0 Å². The van der Waals surface area contributed by atoms with Crippen molar-refractivity contribution in [2.75, 3.05) is 6.54 Å². The maximum Gasteiger partial charge on any atom is 0.110 e. The van der Waals surface area contributed by atoms with Crippen molar-refractivity contribution >= 4 is 28.8 Å². The van der Waals surface area contributed by atoms with Crippen LogP contribution in [0.2, 0.25) is 5.02 Å². The summed E-state index contributed by atoms with van der Waals surface area (Å²) in [5.74, 6) is 0. The third-order valence-electron chi connectivity index (χ3n) is 3.58. The van der Waals surface area contributed by atoms with Crippen LogP contribution in [0.3, 0.4) is 0 Å². The molecule has 1 unspecified atom stereocenters. The predicted octanol–water partition coefficient (Wildman–Crippen LogP) is 4.44. The quantitative estimate of drug-likeness (QED) is 0.751. The first-order valence-corrected chi connectivity index (χ1v) is 7.16. The normalized spacial score (nSPS) is 17.7. The lowest BCUT2D eigenvalue weighted by atomic mass is 9.98. The zero-order chi connectivity index (χ0) is 13.4. The Kier molecular flexibility index (Phi) is 3.29. The van der Waals surface area contributed by atoms with Crippen LogP contribution in [0.4, 0.5) is 0 Å². The van der Waals surface area contributed by atoms with Gasteiger partial charge in [0.25, 0.3) is 0 Å². The van der Waals surface area contributed by atoms with E-state index in [2.05, 4.69) is 42.2 Å². The lowest BCUT2D eigenvalue weighted by Crippen LogP contribution is -2.27. The topological polar surface area (TPSA) is 3.24 Å². The Balaban J connectivity index is 2.13. The fourth-order valence-electron chi connectivity index (χ4n) is 2.70. The fraction of sp³-hybridized carbons (Fsp3) is 0.188. The molecule has 0 N–H and O–H groups in total. The van der Waals surface area contributed by atoms with Crippen LogP contribution in [-0.4, -0.2) is 16.4 Å². The Morgan fingerprint density at radius 3 is 2.47 bits per heavy atom. The van der Waals surface area contributed by atoms with Crippen LogP contribution in [0.25, 0.3) is 0 Å². The maximum atomic E-state index is 5.98. The van der Waals surface area contributed by atoms with E-state index in [0.717, 1.165) is 16.6 Å². The van der Waals surface area contributed by atoms with E-state index in [0.29, 0.717) is 0 Å². The maximum absolute atomic E-state index is 5.98. The van der Waals surface area contributed by atoms with E-state index in [-0.39, 0.29) is 6.04 Å². The molecule has 0 saturated carbocycles. The largest absolute Gasteiger partial charge is 0.351 e. The monoisotopic (exact) mass is 287 g/mol. The van der Waals surface area contributed by atoms with Gasteiger partial charge in [-0.15, -0.1) is 0 Å². The van der Waals surface area contributed by atoms with Gasteiger partial charge < -0.3 is 4.90 Å². The Morgan fingerprint density at radius 2 is 1.79 bits per heavy atom. The van der Waals surface area contributed by atoms with Crippen molar-refractivity contribution in [2.24, 2.45) is 0 Å². The van der Waals surface area contributed by atoms with Gasteiger partial charge in [-0.05, 0) is 30.2 Å². The second kappa shape index (κ2) is 4.95. The molecule has 1 aliphatic rings. The van der Waals surface area contributed by atoms with Gasteiger partial charge in [-0.3, -0.25) is 0 Å². The molecular weight excluding hydrogens is 274 g/mol. The van der Waals surface area contributed by atoms with Gasteiger partial charge in [0.1, 0.15) is 4.99 Å². The van der Waals surface area contributed by atoms with Crippen molar-refractivity contribution in [3.8, 4) is 0 Å². The highest BCUT2D eigenvalue weighted by atomic mass is 35.5. The van der Waals surface area contributed by atoms with Gasteiger partial charge in [0, 0.05) is 17.1 Å². The molecule has 1 atom stereocenters. The molecule has 96 valence electrons. The molecule has 0 fully saturated rings. The third-order valence-corrected chi connectivity index (χ3v) is 4.29. The van der Waals surface area contributed by atoms with E-state index < -0.39 is 0 Å². The molecule has 19 heavy (non-hydrogen) atoms. The lowest BCUT2D eigenvalue weighted by molar-refractivity contribution is 0.399. The zero-order valence-electron chi connectivity index (χ0n) is 10.6. The first kappa shape index (κ1) is 12.6. The first-order chi connectivity index (χ1) is 9.22. The molecule has 0 aliphatic carbocycles. The summed E-state index contributed by atoms with van der Waals surface area (Å²) >= 11 is 11.6. The predicted molar refractivity (Wildman–Crippen MR) is 83.8 cm³/mol. The molecule has 2 aromatic carbocycles. The van der Waals surface area contributed by atoms with Gasteiger partial charge >= 0.3 is 0 Å². The number of rotatable bonds is 2. The minimum atomic E-state index is 0.214. The second-order valence-corrected chi connectivity index (χ2v) is 5.46. The molecule has 1 nitrogen and oxygen atoms in total. The lowest BCUT2D eigenvalue weighted by Gasteiger charge is -2.26. The minimum Gasteiger partial charge on any atom is -0.351 e. The molecule has 3 rings (SSSR count). The van der Waals surface area contributed by atoms with E-state index in [1.54, 1.807) is 0 Å². The Morgan fingerprint density at radius 1 is 1.11 bits per heavy atom. The van der Waals surface area contributed by atoms with Gasteiger partial charge in [0.15, 0.2) is 0 Å². The van der Waals surface area contributed by atoms with Crippen LogP contribution in [0.15, 0.2) is 48.5 Å². The Labute approximate surface area is 123 Å². The van der Waals surface area contributed by atoms with E-state index >= 15 is 0 Å². The molecule has 1 aliphatic heterocycles. The summed E-state index contributed by atoms with van der Waals surface area (Å²) in [5, 5.41) is 0.764. The molecule has 1 heterocycles. The first-order valence-electron chi connectivity index (χ1n) is 6.37.